The SMILES string of the molecule is NC(CC1CC2CCC1C2)c1ccc(Cl)cc1F. The normalized spacial score (nSPS) is 31.8. The molecule has 4 unspecified atom stereocenters. The van der Waals surface area contributed by atoms with Crippen molar-refractivity contribution in [2.45, 2.75) is 38.1 Å². The van der Waals surface area contributed by atoms with Crippen LogP contribution in [0.5, 0.6) is 0 Å². The summed E-state index contributed by atoms with van der Waals surface area (Å²) in [4.78, 5) is 0. The van der Waals surface area contributed by atoms with Gasteiger partial charge < -0.3 is 5.73 Å². The highest BCUT2D eigenvalue weighted by Crippen LogP contribution is 2.50. The van der Waals surface area contributed by atoms with Crippen LogP contribution in [0.25, 0.3) is 0 Å². The fourth-order valence-corrected chi connectivity index (χ4v) is 4.08. The van der Waals surface area contributed by atoms with Gasteiger partial charge in [-0.1, -0.05) is 24.1 Å². The number of halogens is 2. The average Bonchev–Trinajstić information content (AvgIpc) is 2.90. The lowest BCUT2D eigenvalue weighted by Crippen LogP contribution is -2.20. The van der Waals surface area contributed by atoms with Crippen LogP contribution in [0.3, 0.4) is 0 Å². The van der Waals surface area contributed by atoms with Crippen LogP contribution < -0.4 is 5.73 Å². The van der Waals surface area contributed by atoms with E-state index in [0.717, 1.165) is 18.3 Å². The van der Waals surface area contributed by atoms with E-state index in [0.29, 0.717) is 16.5 Å². The number of hydrogen-bond donors (Lipinski definition) is 1. The summed E-state index contributed by atoms with van der Waals surface area (Å²) < 4.78 is 13.8. The van der Waals surface area contributed by atoms with Crippen molar-refractivity contribution in [1.82, 2.24) is 0 Å². The summed E-state index contributed by atoms with van der Waals surface area (Å²) in [6.45, 7) is 0. The molecule has 2 N–H and O–H groups in total. The van der Waals surface area contributed by atoms with Crippen molar-refractivity contribution in [3.05, 3.63) is 34.6 Å². The highest BCUT2D eigenvalue weighted by atomic mass is 35.5. The Balaban J connectivity index is 1.69. The van der Waals surface area contributed by atoms with Crippen molar-refractivity contribution in [1.29, 1.82) is 0 Å². The van der Waals surface area contributed by atoms with Crippen molar-refractivity contribution in [2.24, 2.45) is 23.5 Å². The molecule has 1 aromatic rings. The Morgan fingerprint density at radius 3 is 2.78 bits per heavy atom. The molecule has 0 saturated heterocycles. The summed E-state index contributed by atoms with van der Waals surface area (Å²) in [6, 6.07) is 4.62. The fourth-order valence-electron chi connectivity index (χ4n) is 3.92. The molecule has 0 radical (unpaired) electrons. The van der Waals surface area contributed by atoms with Gasteiger partial charge in [0.15, 0.2) is 0 Å². The molecular formula is C15H19ClFN. The van der Waals surface area contributed by atoms with Crippen LogP contribution in [0.1, 0.15) is 43.7 Å². The lowest BCUT2D eigenvalue weighted by atomic mass is 9.83. The minimum Gasteiger partial charge on any atom is -0.324 e. The van der Waals surface area contributed by atoms with E-state index in [4.69, 9.17) is 17.3 Å². The van der Waals surface area contributed by atoms with E-state index in [-0.39, 0.29) is 11.9 Å². The van der Waals surface area contributed by atoms with Gasteiger partial charge in [-0.2, -0.15) is 0 Å². The topological polar surface area (TPSA) is 26.0 Å². The lowest BCUT2D eigenvalue weighted by molar-refractivity contribution is 0.294. The predicted molar refractivity (Wildman–Crippen MR) is 71.9 cm³/mol. The van der Waals surface area contributed by atoms with Crippen LogP contribution in [-0.2, 0) is 0 Å². The Hall–Kier alpha value is -0.600. The third-order valence-corrected chi connectivity index (χ3v) is 5.04. The molecule has 2 bridgehead atoms. The summed E-state index contributed by atoms with van der Waals surface area (Å²) >= 11 is 5.76. The van der Waals surface area contributed by atoms with Crippen LogP contribution >= 0.6 is 11.6 Å². The molecule has 4 atom stereocenters. The van der Waals surface area contributed by atoms with Crippen molar-refractivity contribution in [2.75, 3.05) is 0 Å². The second-order valence-electron chi connectivity index (χ2n) is 5.94. The Bertz CT molecular complexity index is 448. The van der Waals surface area contributed by atoms with E-state index in [1.54, 1.807) is 12.1 Å². The molecule has 3 rings (SSSR count). The van der Waals surface area contributed by atoms with E-state index in [1.165, 1.54) is 31.7 Å². The van der Waals surface area contributed by atoms with Gasteiger partial charge in [0.05, 0.1) is 0 Å². The Morgan fingerprint density at radius 2 is 2.17 bits per heavy atom. The molecule has 1 aromatic carbocycles. The number of nitrogens with two attached hydrogens (primary N) is 1. The van der Waals surface area contributed by atoms with Gasteiger partial charge in [0.1, 0.15) is 5.82 Å². The number of rotatable bonds is 3. The molecule has 2 fully saturated rings. The summed E-state index contributed by atoms with van der Waals surface area (Å²) in [7, 11) is 0. The predicted octanol–water partition coefficient (Wildman–Crippen LogP) is 4.31. The second kappa shape index (κ2) is 4.82. The van der Waals surface area contributed by atoms with Crippen LogP contribution in [0.4, 0.5) is 4.39 Å². The van der Waals surface area contributed by atoms with Gasteiger partial charge in [-0.3, -0.25) is 0 Å². The highest BCUT2D eigenvalue weighted by Gasteiger charge is 2.40. The minimum atomic E-state index is -0.266. The first-order chi connectivity index (χ1) is 8.63. The lowest BCUT2D eigenvalue weighted by Gasteiger charge is -2.25. The maximum Gasteiger partial charge on any atom is 0.129 e. The Morgan fingerprint density at radius 1 is 1.33 bits per heavy atom. The second-order valence-corrected chi connectivity index (χ2v) is 6.38. The number of fused-ring (bicyclic) bond motifs is 2. The summed E-state index contributed by atoms with van der Waals surface area (Å²) in [5.74, 6) is 2.20. The average molecular weight is 268 g/mol. The third-order valence-electron chi connectivity index (χ3n) is 4.80. The summed E-state index contributed by atoms with van der Waals surface area (Å²) in [5.41, 5.74) is 6.79. The van der Waals surface area contributed by atoms with E-state index in [2.05, 4.69) is 0 Å². The smallest absolute Gasteiger partial charge is 0.129 e. The fraction of sp³-hybridized carbons (Fsp3) is 0.600. The van der Waals surface area contributed by atoms with Crippen molar-refractivity contribution in [3.8, 4) is 0 Å². The Kier molecular flexibility index (Phi) is 3.33. The molecule has 2 saturated carbocycles. The summed E-state index contributed by atoms with van der Waals surface area (Å²) in [5, 5.41) is 0.434. The van der Waals surface area contributed by atoms with Gasteiger partial charge in [0.25, 0.3) is 0 Å². The monoisotopic (exact) mass is 267 g/mol. The van der Waals surface area contributed by atoms with Gasteiger partial charge in [0, 0.05) is 16.6 Å². The molecule has 0 amide bonds. The molecule has 0 spiro atoms. The number of hydrogen-bond acceptors (Lipinski definition) is 1. The molecule has 2 aliphatic rings. The van der Waals surface area contributed by atoms with Gasteiger partial charge in [-0.05, 0) is 55.6 Å². The first-order valence-corrected chi connectivity index (χ1v) is 7.22. The standard InChI is InChI=1S/C15H19ClFN/c16-12-3-4-13(14(17)8-12)15(18)7-11-6-9-1-2-10(11)5-9/h3-4,8-11,15H,1-2,5-7,18H2. The quantitative estimate of drug-likeness (QED) is 0.868. The zero-order valence-corrected chi connectivity index (χ0v) is 11.2. The third kappa shape index (κ3) is 2.28. The zero-order valence-electron chi connectivity index (χ0n) is 10.4. The van der Waals surface area contributed by atoms with E-state index >= 15 is 0 Å². The molecule has 0 aromatic heterocycles. The molecule has 1 nitrogen and oxygen atoms in total. The molecule has 0 heterocycles. The molecule has 2 aliphatic carbocycles. The van der Waals surface area contributed by atoms with Crippen LogP contribution in [-0.4, -0.2) is 0 Å². The van der Waals surface area contributed by atoms with Gasteiger partial charge >= 0.3 is 0 Å². The van der Waals surface area contributed by atoms with E-state index in [9.17, 15) is 4.39 Å². The number of benzene rings is 1. The maximum absolute atomic E-state index is 13.8. The van der Waals surface area contributed by atoms with Crippen molar-refractivity contribution < 1.29 is 4.39 Å². The first kappa shape index (κ1) is 12.4. The van der Waals surface area contributed by atoms with Gasteiger partial charge in [0.2, 0.25) is 0 Å². The minimum absolute atomic E-state index is 0.188. The molecule has 98 valence electrons. The van der Waals surface area contributed by atoms with Crippen molar-refractivity contribution in [3.63, 3.8) is 0 Å². The first-order valence-electron chi connectivity index (χ1n) is 6.84. The highest BCUT2D eigenvalue weighted by molar-refractivity contribution is 6.30. The summed E-state index contributed by atoms with van der Waals surface area (Å²) in [6.07, 6.45) is 6.34. The molecule has 0 aliphatic heterocycles. The van der Waals surface area contributed by atoms with Gasteiger partial charge in [-0.15, -0.1) is 0 Å². The van der Waals surface area contributed by atoms with Crippen LogP contribution in [0, 0.1) is 23.6 Å². The maximum atomic E-state index is 13.8. The Labute approximate surface area is 113 Å². The van der Waals surface area contributed by atoms with Crippen molar-refractivity contribution >= 4 is 11.6 Å². The van der Waals surface area contributed by atoms with Crippen LogP contribution in [0.15, 0.2) is 18.2 Å². The van der Waals surface area contributed by atoms with E-state index < -0.39 is 0 Å². The van der Waals surface area contributed by atoms with Crippen LogP contribution in [0.2, 0.25) is 5.02 Å². The van der Waals surface area contributed by atoms with E-state index in [1.807, 2.05) is 0 Å². The molecule has 3 heteroatoms. The largest absolute Gasteiger partial charge is 0.324 e. The molecule has 18 heavy (non-hydrogen) atoms. The van der Waals surface area contributed by atoms with Gasteiger partial charge in [-0.25, -0.2) is 4.39 Å². The molecular weight excluding hydrogens is 249 g/mol. The zero-order chi connectivity index (χ0) is 12.7.